The Labute approximate surface area is 174 Å². The predicted molar refractivity (Wildman–Crippen MR) is 118 cm³/mol. The number of hydrogen-bond acceptors (Lipinski definition) is 3. The predicted octanol–water partition coefficient (Wildman–Crippen LogP) is 3.67. The highest BCUT2D eigenvalue weighted by Crippen LogP contribution is 2.18. The van der Waals surface area contributed by atoms with Crippen LogP contribution in [0, 0.1) is 0 Å². The van der Waals surface area contributed by atoms with Gasteiger partial charge in [0.05, 0.1) is 6.10 Å². The molecule has 0 amide bonds. The molecule has 1 saturated carbocycles. The molecule has 2 aromatic rings. The van der Waals surface area contributed by atoms with Crippen molar-refractivity contribution in [1.29, 1.82) is 0 Å². The minimum absolute atomic E-state index is 0.132. The quantitative estimate of drug-likeness (QED) is 0.471. The molecule has 1 aliphatic carbocycles. The van der Waals surface area contributed by atoms with Crippen LogP contribution in [0.5, 0.6) is 5.75 Å². The molecule has 5 nitrogen and oxygen atoms in total. The monoisotopic (exact) mass is 395 g/mol. The van der Waals surface area contributed by atoms with Crippen LogP contribution in [0.15, 0.2) is 59.6 Å². The molecule has 0 unspecified atom stereocenters. The van der Waals surface area contributed by atoms with E-state index in [-0.39, 0.29) is 6.10 Å². The number of nitrogens with one attached hydrogen (secondary N) is 2. The van der Waals surface area contributed by atoms with Crippen LogP contribution in [0.1, 0.15) is 43.7 Å². The molecule has 0 aliphatic heterocycles. The molecular weight excluding hydrogens is 362 g/mol. The van der Waals surface area contributed by atoms with Gasteiger partial charge in [0.2, 0.25) is 0 Å². The summed E-state index contributed by atoms with van der Waals surface area (Å²) in [5.74, 6) is 1.76. The van der Waals surface area contributed by atoms with Crippen molar-refractivity contribution in [2.75, 3.05) is 13.1 Å². The van der Waals surface area contributed by atoms with E-state index in [1.165, 1.54) is 11.1 Å². The van der Waals surface area contributed by atoms with Gasteiger partial charge in [0, 0.05) is 19.1 Å². The molecule has 1 aliphatic rings. The third kappa shape index (κ3) is 7.42. The van der Waals surface area contributed by atoms with Crippen molar-refractivity contribution in [3.8, 4) is 5.75 Å². The van der Waals surface area contributed by atoms with E-state index in [1.807, 2.05) is 30.3 Å². The Morgan fingerprint density at radius 2 is 1.72 bits per heavy atom. The van der Waals surface area contributed by atoms with Gasteiger partial charge in [-0.15, -0.1) is 0 Å². The maximum Gasteiger partial charge on any atom is 0.191 e. The minimum atomic E-state index is -0.132. The summed E-state index contributed by atoms with van der Waals surface area (Å²) in [7, 11) is 0. The van der Waals surface area contributed by atoms with Gasteiger partial charge in [-0.25, -0.2) is 0 Å². The molecule has 29 heavy (non-hydrogen) atoms. The number of hydrogen-bond donors (Lipinski definition) is 3. The average molecular weight is 396 g/mol. The van der Waals surface area contributed by atoms with Crippen molar-refractivity contribution in [1.82, 2.24) is 10.6 Å². The molecule has 0 bridgehead atoms. The summed E-state index contributed by atoms with van der Waals surface area (Å²) < 4.78 is 5.85. The second kappa shape index (κ2) is 11.5. The number of aliphatic hydroxyl groups is 1. The van der Waals surface area contributed by atoms with Crippen LogP contribution >= 0.6 is 0 Å². The fraction of sp³-hybridized carbons (Fsp3) is 0.458. The standard InChI is InChI=1S/C24H33N3O2/c1-2-25-24(27-21-10-12-22(28)13-11-21)26-17-16-19-8-14-23(15-9-19)29-18-20-6-4-3-5-7-20/h3-9,14-15,21-22,28H,2,10-13,16-18H2,1H3,(H2,25,26,27). The Kier molecular flexibility index (Phi) is 8.38. The first kappa shape index (κ1) is 21.2. The Morgan fingerprint density at radius 3 is 2.41 bits per heavy atom. The highest BCUT2D eigenvalue weighted by atomic mass is 16.5. The van der Waals surface area contributed by atoms with Gasteiger partial charge in [0.1, 0.15) is 12.4 Å². The molecule has 1 fully saturated rings. The van der Waals surface area contributed by atoms with Gasteiger partial charge in [-0.1, -0.05) is 42.5 Å². The zero-order valence-electron chi connectivity index (χ0n) is 17.3. The number of nitrogens with zero attached hydrogens (tertiary/aromatic N) is 1. The van der Waals surface area contributed by atoms with Crippen molar-refractivity contribution < 1.29 is 9.84 Å². The highest BCUT2D eigenvalue weighted by molar-refractivity contribution is 5.80. The molecule has 0 spiro atoms. The maximum atomic E-state index is 9.66. The Balaban J connectivity index is 1.44. The summed E-state index contributed by atoms with van der Waals surface area (Å²) in [4.78, 5) is 4.72. The van der Waals surface area contributed by atoms with E-state index in [2.05, 4.69) is 41.8 Å². The lowest BCUT2D eigenvalue weighted by Crippen LogP contribution is -2.45. The molecule has 3 N–H and O–H groups in total. The summed E-state index contributed by atoms with van der Waals surface area (Å²) in [5.41, 5.74) is 2.42. The van der Waals surface area contributed by atoms with Gasteiger partial charge in [-0.2, -0.15) is 0 Å². The first-order chi connectivity index (χ1) is 14.2. The lowest BCUT2D eigenvalue weighted by atomic mass is 9.93. The second-order valence-electron chi connectivity index (χ2n) is 7.58. The van der Waals surface area contributed by atoms with E-state index < -0.39 is 0 Å². The number of benzene rings is 2. The zero-order chi connectivity index (χ0) is 20.3. The number of guanidine groups is 1. The van der Waals surface area contributed by atoms with E-state index in [4.69, 9.17) is 9.73 Å². The third-order valence-electron chi connectivity index (χ3n) is 5.22. The van der Waals surface area contributed by atoms with Gasteiger partial charge >= 0.3 is 0 Å². The van der Waals surface area contributed by atoms with Gasteiger partial charge in [-0.3, -0.25) is 4.99 Å². The summed E-state index contributed by atoms with van der Waals surface area (Å²) in [6.07, 6.45) is 4.49. The molecule has 5 heteroatoms. The Morgan fingerprint density at radius 1 is 1.00 bits per heavy atom. The van der Waals surface area contributed by atoms with E-state index >= 15 is 0 Å². The van der Waals surface area contributed by atoms with Gasteiger partial charge in [-0.05, 0) is 62.3 Å². The largest absolute Gasteiger partial charge is 0.489 e. The summed E-state index contributed by atoms with van der Waals surface area (Å²) in [5, 5.41) is 16.5. The van der Waals surface area contributed by atoms with Gasteiger partial charge in [0.25, 0.3) is 0 Å². The molecule has 0 heterocycles. The topological polar surface area (TPSA) is 65.9 Å². The summed E-state index contributed by atoms with van der Waals surface area (Å²) >= 11 is 0. The zero-order valence-corrected chi connectivity index (χ0v) is 17.3. The molecule has 0 atom stereocenters. The molecule has 0 radical (unpaired) electrons. The van der Waals surface area contributed by atoms with E-state index in [1.54, 1.807) is 0 Å². The second-order valence-corrected chi connectivity index (χ2v) is 7.58. The molecule has 3 rings (SSSR count). The maximum absolute atomic E-state index is 9.66. The van der Waals surface area contributed by atoms with Crippen molar-refractivity contribution in [2.45, 2.75) is 57.8 Å². The van der Waals surface area contributed by atoms with Crippen LogP contribution in [0.3, 0.4) is 0 Å². The van der Waals surface area contributed by atoms with E-state index in [0.717, 1.165) is 56.9 Å². The SMILES string of the molecule is CCNC(=NCCc1ccc(OCc2ccccc2)cc1)NC1CCC(O)CC1. The normalized spacial score (nSPS) is 19.6. The number of aliphatic hydroxyl groups excluding tert-OH is 1. The highest BCUT2D eigenvalue weighted by Gasteiger charge is 2.19. The van der Waals surface area contributed by atoms with Crippen LogP contribution in [0.2, 0.25) is 0 Å². The summed E-state index contributed by atoms with van der Waals surface area (Å²) in [6, 6.07) is 18.9. The van der Waals surface area contributed by atoms with Crippen LogP contribution in [-0.4, -0.2) is 36.3 Å². The van der Waals surface area contributed by atoms with Crippen molar-refractivity contribution in [2.24, 2.45) is 4.99 Å². The number of ether oxygens (including phenoxy) is 1. The third-order valence-corrected chi connectivity index (χ3v) is 5.22. The Bertz CT molecular complexity index is 738. The van der Waals surface area contributed by atoms with E-state index in [0.29, 0.717) is 12.6 Å². The molecule has 0 aromatic heterocycles. The van der Waals surface area contributed by atoms with Crippen LogP contribution in [0.25, 0.3) is 0 Å². The average Bonchev–Trinajstić information content (AvgIpc) is 2.75. The lowest BCUT2D eigenvalue weighted by Gasteiger charge is -2.27. The molecule has 156 valence electrons. The first-order valence-corrected chi connectivity index (χ1v) is 10.7. The van der Waals surface area contributed by atoms with Crippen LogP contribution in [-0.2, 0) is 13.0 Å². The van der Waals surface area contributed by atoms with E-state index in [9.17, 15) is 5.11 Å². The molecule has 2 aromatic carbocycles. The minimum Gasteiger partial charge on any atom is -0.489 e. The first-order valence-electron chi connectivity index (χ1n) is 10.7. The van der Waals surface area contributed by atoms with Crippen molar-refractivity contribution in [3.63, 3.8) is 0 Å². The van der Waals surface area contributed by atoms with Crippen LogP contribution in [0.4, 0.5) is 0 Å². The van der Waals surface area contributed by atoms with Gasteiger partial charge < -0.3 is 20.5 Å². The summed E-state index contributed by atoms with van der Waals surface area (Å²) in [6.45, 7) is 4.24. The van der Waals surface area contributed by atoms with Crippen molar-refractivity contribution >= 4 is 5.96 Å². The lowest BCUT2D eigenvalue weighted by molar-refractivity contribution is 0.120. The van der Waals surface area contributed by atoms with Crippen LogP contribution < -0.4 is 15.4 Å². The number of aliphatic imine (C=N–C) groups is 1. The fourth-order valence-electron chi connectivity index (χ4n) is 3.52. The fourth-order valence-corrected chi connectivity index (χ4v) is 3.52. The van der Waals surface area contributed by atoms with Crippen molar-refractivity contribution in [3.05, 3.63) is 65.7 Å². The number of rotatable bonds is 8. The van der Waals surface area contributed by atoms with Gasteiger partial charge in [0.15, 0.2) is 5.96 Å². The Hall–Kier alpha value is -2.53. The smallest absolute Gasteiger partial charge is 0.191 e. The molecular formula is C24H33N3O2. The molecule has 0 saturated heterocycles.